The molecule has 0 atom stereocenters. The third kappa shape index (κ3) is 4.58. The molecule has 0 bridgehead atoms. The van der Waals surface area contributed by atoms with Gasteiger partial charge in [-0.15, -0.1) is 11.3 Å². The van der Waals surface area contributed by atoms with Crippen LogP contribution in [0, 0.1) is 17.1 Å². The van der Waals surface area contributed by atoms with E-state index in [1.165, 1.54) is 35.6 Å². The Bertz CT molecular complexity index is 1030. The molecule has 2 heterocycles. The van der Waals surface area contributed by atoms with Crippen LogP contribution in [0.15, 0.2) is 24.3 Å². The first-order valence-corrected chi connectivity index (χ1v) is 10.0. The van der Waals surface area contributed by atoms with Gasteiger partial charge in [0.2, 0.25) is 5.91 Å². The lowest BCUT2D eigenvalue weighted by molar-refractivity contribution is -0.111. The van der Waals surface area contributed by atoms with Gasteiger partial charge in [0.1, 0.15) is 16.9 Å². The molecule has 9 heteroatoms. The van der Waals surface area contributed by atoms with Gasteiger partial charge in [-0.1, -0.05) is 23.7 Å². The van der Waals surface area contributed by atoms with E-state index in [9.17, 15) is 19.2 Å². The number of halogens is 2. The van der Waals surface area contributed by atoms with E-state index in [1.54, 1.807) is 17.9 Å². The van der Waals surface area contributed by atoms with E-state index >= 15 is 0 Å². The third-order valence-electron chi connectivity index (χ3n) is 4.33. The van der Waals surface area contributed by atoms with Crippen molar-refractivity contribution in [1.29, 1.82) is 5.26 Å². The molecule has 1 aromatic carbocycles. The minimum atomic E-state index is -0.610. The second-order valence-corrected chi connectivity index (χ2v) is 7.67. The molecule has 1 aliphatic rings. The Labute approximate surface area is 176 Å². The smallest absolute Gasteiger partial charge is 0.410 e. The van der Waals surface area contributed by atoms with Crippen LogP contribution in [0.2, 0.25) is 5.02 Å². The highest BCUT2D eigenvalue weighted by Gasteiger charge is 2.27. The molecule has 2 aromatic rings. The Balaban J connectivity index is 1.76. The quantitative estimate of drug-likeness (QED) is 0.715. The van der Waals surface area contributed by atoms with Crippen molar-refractivity contribution in [3.05, 3.63) is 56.7 Å². The van der Waals surface area contributed by atoms with Gasteiger partial charge in [0, 0.05) is 23.1 Å². The van der Waals surface area contributed by atoms with Crippen LogP contribution in [0.4, 0.5) is 14.2 Å². The van der Waals surface area contributed by atoms with Crippen LogP contribution < -0.4 is 5.32 Å². The standard InChI is InChI=1S/C20H17ClFN3O3S/c1-2-28-20(27)25-9-8-13-14(10-23)19(29-16(13)11-25)24-17(26)7-6-12-4-3-5-15(21)18(12)22/h3-7H,2,8-9,11H2,1H3,(H,24,26)/b7-6+. The highest BCUT2D eigenvalue weighted by molar-refractivity contribution is 7.16. The van der Waals surface area contributed by atoms with Crippen LogP contribution in [0.3, 0.4) is 0 Å². The minimum Gasteiger partial charge on any atom is -0.450 e. The zero-order chi connectivity index (χ0) is 21.0. The van der Waals surface area contributed by atoms with Gasteiger partial charge in [0.25, 0.3) is 0 Å². The molecule has 1 N–H and O–H groups in total. The lowest BCUT2D eigenvalue weighted by Gasteiger charge is -2.25. The summed E-state index contributed by atoms with van der Waals surface area (Å²) in [6.45, 7) is 2.80. The summed E-state index contributed by atoms with van der Waals surface area (Å²) in [5, 5.41) is 12.6. The summed E-state index contributed by atoms with van der Waals surface area (Å²) in [7, 11) is 0. The van der Waals surface area contributed by atoms with E-state index in [0.717, 1.165) is 10.4 Å². The van der Waals surface area contributed by atoms with Crippen molar-refractivity contribution in [2.45, 2.75) is 19.9 Å². The zero-order valence-corrected chi connectivity index (χ0v) is 17.1. The fourth-order valence-corrected chi connectivity index (χ4v) is 4.35. The molecule has 0 fully saturated rings. The molecular formula is C20H17ClFN3O3S. The first-order chi connectivity index (χ1) is 13.9. The summed E-state index contributed by atoms with van der Waals surface area (Å²) in [6.07, 6.45) is 2.60. The maximum atomic E-state index is 13.9. The Morgan fingerprint density at radius 3 is 3.00 bits per heavy atom. The number of anilines is 1. The fourth-order valence-electron chi connectivity index (χ4n) is 2.95. The number of carbonyl (C=O) groups is 2. The average Bonchev–Trinajstić information content (AvgIpc) is 3.05. The van der Waals surface area contributed by atoms with Crippen molar-refractivity contribution in [3.8, 4) is 6.07 Å². The van der Waals surface area contributed by atoms with E-state index in [-0.39, 0.29) is 17.2 Å². The third-order valence-corrected chi connectivity index (χ3v) is 5.75. The largest absolute Gasteiger partial charge is 0.450 e. The Morgan fingerprint density at radius 1 is 1.48 bits per heavy atom. The molecule has 6 nitrogen and oxygen atoms in total. The molecule has 0 saturated heterocycles. The van der Waals surface area contributed by atoms with E-state index in [2.05, 4.69) is 11.4 Å². The number of hydrogen-bond donors (Lipinski definition) is 1. The maximum Gasteiger partial charge on any atom is 0.410 e. The highest BCUT2D eigenvalue weighted by atomic mass is 35.5. The van der Waals surface area contributed by atoms with Gasteiger partial charge in [-0.25, -0.2) is 9.18 Å². The van der Waals surface area contributed by atoms with E-state index in [4.69, 9.17) is 16.3 Å². The fraction of sp³-hybridized carbons (Fsp3) is 0.250. The van der Waals surface area contributed by atoms with Gasteiger partial charge in [-0.2, -0.15) is 5.26 Å². The van der Waals surface area contributed by atoms with Crippen molar-refractivity contribution >= 4 is 46.0 Å². The SMILES string of the molecule is CCOC(=O)N1CCc2c(sc(NC(=O)/C=C/c3cccc(Cl)c3F)c2C#N)C1. The van der Waals surface area contributed by atoms with Gasteiger partial charge in [0.05, 0.1) is 23.7 Å². The number of fused-ring (bicyclic) bond motifs is 1. The number of thiophene rings is 1. The number of nitriles is 1. The van der Waals surface area contributed by atoms with Crippen molar-refractivity contribution < 1.29 is 18.7 Å². The topological polar surface area (TPSA) is 82.4 Å². The highest BCUT2D eigenvalue weighted by Crippen LogP contribution is 2.36. The zero-order valence-electron chi connectivity index (χ0n) is 15.5. The molecular weight excluding hydrogens is 417 g/mol. The summed E-state index contributed by atoms with van der Waals surface area (Å²) in [4.78, 5) is 26.6. The van der Waals surface area contributed by atoms with Crippen LogP contribution in [0.1, 0.15) is 28.5 Å². The van der Waals surface area contributed by atoms with Gasteiger partial charge in [-0.05, 0) is 31.1 Å². The van der Waals surface area contributed by atoms with Crippen LogP contribution in [0.25, 0.3) is 6.08 Å². The molecule has 1 aliphatic heterocycles. The van der Waals surface area contributed by atoms with Gasteiger partial charge < -0.3 is 15.0 Å². The lowest BCUT2D eigenvalue weighted by atomic mass is 10.0. The normalized spacial score (nSPS) is 13.1. The van der Waals surface area contributed by atoms with Crippen molar-refractivity contribution in [1.82, 2.24) is 4.90 Å². The maximum absolute atomic E-state index is 13.9. The molecule has 150 valence electrons. The number of benzene rings is 1. The first kappa shape index (κ1) is 20.8. The molecule has 0 unspecified atom stereocenters. The lowest BCUT2D eigenvalue weighted by Crippen LogP contribution is -2.35. The summed E-state index contributed by atoms with van der Waals surface area (Å²) < 4.78 is 18.9. The number of nitrogens with zero attached hydrogens (tertiary/aromatic N) is 2. The summed E-state index contributed by atoms with van der Waals surface area (Å²) in [6, 6.07) is 6.63. The van der Waals surface area contributed by atoms with Crippen molar-refractivity contribution in [2.75, 3.05) is 18.5 Å². The van der Waals surface area contributed by atoms with Crippen LogP contribution >= 0.6 is 22.9 Å². The number of rotatable bonds is 4. The average molecular weight is 434 g/mol. The predicted molar refractivity (Wildman–Crippen MR) is 109 cm³/mol. The van der Waals surface area contributed by atoms with E-state index in [0.29, 0.717) is 30.1 Å². The predicted octanol–water partition coefficient (Wildman–Crippen LogP) is 4.58. The van der Waals surface area contributed by atoms with Crippen molar-refractivity contribution in [3.63, 3.8) is 0 Å². The molecule has 2 amide bonds. The number of ether oxygens (including phenoxy) is 1. The molecule has 29 heavy (non-hydrogen) atoms. The summed E-state index contributed by atoms with van der Waals surface area (Å²) in [5.41, 5.74) is 1.41. The van der Waals surface area contributed by atoms with Crippen molar-refractivity contribution in [2.24, 2.45) is 0 Å². The summed E-state index contributed by atoms with van der Waals surface area (Å²) in [5.74, 6) is -1.11. The number of carbonyl (C=O) groups excluding carboxylic acids is 2. The monoisotopic (exact) mass is 433 g/mol. The molecule has 3 rings (SSSR count). The van der Waals surface area contributed by atoms with E-state index < -0.39 is 17.8 Å². The first-order valence-electron chi connectivity index (χ1n) is 8.84. The Kier molecular flexibility index (Phi) is 6.52. The van der Waals surface area contributed by atoms with Gasteiger partial charge in [-0.3, -0.25) is 4.79 Å². The Morgan fingerprint density at radius 2 is 2.28 bits per heavy atom. The summed E-state index contributed by atoms with van der Waals surface area (Å²) >= 11 is 6.98. The van der Waals surface area contributed by atoms with Crippen LogP contribution in [0.5, 0.6) is 0 Å². The number of amides is 2. The number of hydrogen-bond acceptors (Lipinski definition) is 5. The van der Waals surface area contributed by atoms with E-state index in [1.807, 2.05) is 0 Å². The van der Waals surface area contributed by atoms with Crippen LogP contribution in [-0.4, -0.2) is 30.1 Å². The molecule has 0 aliphatic carbocycles. The second-order valence-electron chi connectivity index (χ2n) is 6.16. The molecule has 0 spiro atoms. The Hall–Kier alpha value is -2.89. The second kappa shape index (κ2) is 9.07. The van der Waals surface area contributed by atoms with Gasteiger partial charge in [0.15, 0.2) is 0 Å². The molecule has 0 saturated carbocycles. The van der Waals surface area contributed by atoms with Gasteiger partial charge >= 0.3 is 6.09 Å². The molecule has 1 aromatic heterocycles. The number of nitrogens with one attached hydrogen (secondary N) is 1. The minimum absolute atomic E-state index is 0.0311. The van der Waals surface area contributed by atoms with Crippen LogP contribution in [-0.2, 0) is 22.5 Å². The molecule has 0 radical (unpaired) electrons.